The summed E-state index contributed by atoms with van der Waals surface area (Å²) in [7, 11) is 0. The van der Waals surface area contributed by atoms with Crippen molar-refractivity contribution in [2.75, 3.05) is 6.61 Å². The lowest BCUT2D eigenvalue weighted by atomic mass is 10.1. The molecule has 5 heteroatoms. The molecule has 0 saturated carbocycles. The minimum atomic E-state index is -0.774. The predicted molar refractivity (Wildman–Crippen MR) is 84.5 cm³/mol. The molecule has 0 radical (unpaired) electrons. The number of nitrogens with one attached hydrogen (secondary N) is 1. The van der Waals surface area contributed by atoms with Crippen LogP contribution in [0.3, 0.4) is 0 Å². The highest BCUT2D eigenvalue weighted by atomic mass is 16.4. The number of carboxylic acids is 1. The molecule has 5 nitrogen and oxygen atoms in total. The summed E-state index contributed by atoms with van der Waals surface area (Å²) in [6.45, 7) is -0.0841. The van der Waals surface area contributed by atoms with E-state index >= 15 is 0 Å². The van der Waals surface area contributed by atoms with Gasteiger partial charge in [-0.1, -0.05) is 43.2 Å². The third-order valence-corrected chi connectivity index (χ3v) is 3.45. The number of rotatable bonds is 11. The SMILES string of the molecule is O=C(O)CCCCCCC(=O)NC(CO)Cc1ccccc1. The molecule has 1 aromatic carbocycles. The van der Waals surface area contributed by atoms with Crippen LogP contribution < -0.4 is 5.32 Å². The molecule has 0 fully saturated rings. The monoisotopic (exact) mass is 307 g/mol. The number of carboxylic acid groups (broad SMARTS) is 1. The Balaban J connectivity index is 2.18. The van der Waals surface area contributed by atoms with E-state index in [4.69, 9.17) is 5.11 Å². The summed E-state index contributed by atoms with van der Waals surface area (Å²) >= 11 is 0. The van der Waals surface area contributed by atoms with Gasteiger partial charge in [0.15, 0.2) is 0 Å². The van der Waals surface area contributed by atoms with Crippen LogP contribution in [0.5, 0.6) is 0 Å². The van der Waals surface area contributed by atoms with Crippen LogP contribution in [0.15, 0.2) is 30.3 Å². The van der Waals surface area contributed by atoms with Gasteiger partial charge in [0.05, 0.1) is 12.6 Å². The van der Waals surface area contributed by atoms with Gasteiger partial charge in [-0.2, -0.15) is 0 Å². The summed E-state index contributed by atoms with van der Waals surface area (Å²) in [6.07, 6.45) is 4.30. The fourth-order valence-corrected chi connectivity index (χ4v) is 2.28. The van der Waals surface area contributed by atoms with Crippen LogP contribution in [0.1, 0.15) is 44.1 Å². The fourth-order valence-electron chi connectivity index (χ4n) is 2.28. The van der Waals surface area contributed by atoms with Crippen LogP contribution >= 0.6 is 0 Å². The first-order chi connectivity index (χ1) is 10.6. The zero-order valence-electron chi connectivity index (χ0n) is 12.8. The highest BCUT2D eigenvalue weighted by Gasteiger charge is 2.11. The summed E-state index contributed by atoms with van der Waals surface area (Å²) in [5, 5.41) is 20.7. The Morgan fingerprint density at radius 1 is 1.00 bits per heavy atom. The normalized spacial score (nSPS) is 11.9. The number of aliphatic carboxylic acids is 1. The van der Waals surface area contributed by atoms with Crippen LogP contribution in [0.4, 0.5) is 0 Å². The molecular formula is C17H25NO4. The molecule has 1 aromatic rings. The van der Waals surface area contributed by atoms with Gasteiger partial charge in [0.25, 0.3) is 0 Å². The lowest BCUT2D eigenvalue weighted by molar-refractivity contribution is -0.137. The molecule has 1 rings (SSSR count). The molecule has 0 heterocycles. The molecular weight excluding hydrogens is 282 g/mol. The molecule has 1 unspecified atom stereocenters. The van der Waals surface area contributed by atoms with Gasteiger partial charge < -0.3 is 15.5 Å². The standard InChI is InChI=1S/C17H25NO4/c19-13-15(12-14-8-4-3-5-9-14)18-16(20)10-6-1-2-7-11-17(21)22/h3-5,8-9,15,19H,1-2,6-7,10-13H2,(H,18,20)(H,21,22). The van der Waals surface area contributed by atoms with E-state index in [1.807, 2.05) is 30.3 Å². The summed E-state index contributed by atoms with van der Waals surface area (Å²) in [5.41, 5.74) is 1.08. The summed E-state index contributed by atoms with van der Waals surface area (Å²) in [4.78, 5) is 22.2. The van der Waals surface area contributed by atoms with Crippen molar-refractivity contribution >= 4 is 11.9 Å². The van der Waals surface area contributed by atoms with Crippen molar-refractivity contribution in [3.63, 3.8) is 0 Å². The maximum absolute atomic E-state index is 11.8. The van der Waals surface area contributed by atoms with E-state index in [1.165, 1.54) is 0 Å². The van der Waals surface area contributed by atoms with Crippen molar-refractivity contribution in [3.8, 4) is 0 Å². The Kier molecular flexibility index (Phi) is 8.91. The second kappa shape index (κ2) is 10.8. The van der Waals surface area contributed by atoms with E-state index in [-0.39, 0.29) is 25.0 Å². The number of carbonyl (C=O) groups is 2. The first-order valence-electron chi connectivity index (χ1n) is 7.77. The molecule has 0 aromatic heterocycles. The molecule has 1 atom stereocenters. The summed E-state index contributed by atoms with van der Waals surface area (Å²) < 4.78 is 0. The van der Waals surface area contributed by atoms with E-state index in [0.717, 1.165) is 24.8 Å². The van der Waals surface area contributed by atoms with E-state index in [2.05, 4.69) is 5.32 Å². The number of hydrogen-bond acceptors (Lipinski definition) is 3. The van der Waals surface area contributed by atoms with Gasteiger partial charge in [0.1, 0.15) is 0 Å². The average Bonchev–Trinajstić information content (AvgIpc) is 2.50. The van der Waals surface area contributed by atoms with E-state index in [9.17, 15) is 14.7 Å². The molecule has 3 N–H and O–H groups in total. The van der Waals surface area contributed by atoms with Crippen molar-refractivity contribution in [1.82, 2.24) is 5.32 Å². The molecule has 1 amide bonds. The smallest absolute Gasteiger partial charge is 0.303 e. The fraction of sp³-hybridized carbons (Fsp3) is 0.529. The predicted octanol–water partition coefficient (Wildman–Crippen LogP) is 2.13. The minimum absolute atomic E-state index is 0.0618. The van der Waals surface area contributed by atoms with Crippen molar-refractivity contribution in [2.24, 2.45) is 0 Å². The first-order valence-corrected chi connectivity index (χ1v) is 7.77. The van der Waals surface area contributed by atoms with E-state index in [0.29, 0.717) is 19.3 Å². The number of carbonyl (C=O) groups excluding carboxylic acids is 1. The maximum Gasteiger partial charge on any atom is 0.303 e. The van der Waals surface area contributed by atoms with E-state index in [1.54, 1.807) is 0 Å². The van der Waals surface area contributed by atoms with Gasteiger partial charge in [-0.3, -0.25) is 9.59 Å². The van der Waals surface area contributed by atoms with Gasteiger partial charge in [-0.25, -0.2) is 0 Å². The Morgan fingerprint density at radius 2 is 1.64 bits per heavy atom. The topological polar surface area (TPSA) is 86.6 Å². The summed E-state index contributed by atoms with van der Waals surface area (Å²) in [5.74, 6) is -0.836. The maximum atomic E-state index is 11.8. The third-order valence-electron chi connectivity index (χ3n) is 3.45. The first kappa shape index (κ1) is 18.2. The lowest BCUT2D eigenvalue weighted by Gasteiger charge is -2.16. The number of hydrogen-bond donors (Lipinski definition) is 3. The van der Waals surface area contributed by atoms with Crippen molar-refractivity contribution in [3.05, 3.63) is 35.9 Å². The van der Waals surface area contributed by atoms with E-state index < -0.39 is 5.97 Å². The zero-order chi connectivity index (χ0) is 16.2. The van der Waals surface area contributed by atoms with Gasteiger partial charge in [0.2, 0.25) is 5.91 Å². The molecule has 0 spiro atoms. The lowest BCUT2D eigenvalue weighted by Crippen LogP contribution is -2.38. The number of unbranched alkanes of at least 4 members (excludes halogenated alkanes) is 3. The molecule has 122 valence electrons. The van der Waals surface area contributed by atoms with Crippen LogP contribution in [0, 0.1) is 0 Å². The number of aliphatic hydroxyl groups excluding tert-OH is 1. The van der Waals surface area contributed by atoms with Gasteiger partial charge in [0, 0.05) is 12.8 Å². The molecule has 0 aliphatic carbocycles. The summed E-state index contributed by atoms with van der Waals surface area (Å²) in [6, 6.07) is 9.47. The molecule has 0 aliphatic heterocycles. The largest absolute Gasteiger partial charge is 0.481 e. The molecule has 0 aliphatic rings. The highest BCUT2D eigenvalue weighted by molar-refractivity contribution is 5.76. The number of amides is 1. The quantitative estimate of drug-likeness (QED) is 0.547. The minimum Gasteiger partial charge on any atom is -0.481 e. The van der Waals surface area contributed by atoms with Crippen molar-refractivity contribution in [2.45, 2.75) is 51.0 Å². The number of benzene rings is 1. The van der Waals surface area contributed by atoms with Crippen molar-refractivity contribution in [1.29, 1.82) is 0 Å². The second-order valence-electron chi connectivity index (χ2n) is 5.44. The van der Waals surface area contributed by atoms with Crippen LogP contribution in [-0.2, 0) is 16.0 Å². The Morgan fingerprint density at radius 3 is 2.23 bits per heavy atom. The number of aliphatic hydroxyl groups is 1. The van der Waals surface area contributed by atoms with Gasteiger partial charge >= 0.3 is 5.97 Å². The molecule has 0 saturated heterocycles. The second-order valence-corrected chi connectivity index (χ2v) is 5.44. The molecule has 22 heavy (non-hydrogen) atoms. The Hall–Kier alpha value is -1.88. The Bertz CT molecular complexity index is 447. The van der Waals surface area contributed by atoms with Crippen LogP contribution in [0.2, 0.25) is 0 Å². The highest BCUT2D eigenvalue weighted by Crippen LogP contribution is 2.07. The zero-order valence-corrected chi connectivity index (χ0v) is 12.8. The third kappa shape index (κ3) is 8.42. The van der Waals surface area contributed by atoms with Gasteiger partial charge in [-0.05, 0) is 24.8 Å². The van der Waals surface area contributed by atoms with Crippen molar-refractivity contribution < 1.29 is 19.8 Å². The van der Waals surface area contributed by atoms with Crippen LogP contribution in [-0.4, -0.2) is 34.7 Å². The Labute approximate surface area is 131 Å². The van der Waals surface area contributed by atoms with Crippen LogP contribution in [0.25, 0.3) is 0 Å². The average molecular weight is 307 g/mol. The molecule has 0 bridgehead atoms. The van der Waals surface area contributed by atoms with Gasteiger partial charge in [-0.15, -0.1) is 0 Å².